The van der Waals surface area contributed by atoms with Gasteiger partial charge in [-0.3, -0.25) is 9.48 Å². The highest BCUT2D eigenvalue weighted by molar-refractivity contribution is 5.99. The first-order valence-corrected chi connectivity index (χ1v) is 5.98. The minimum absolute atomic E-state index is 0.201. The first-order valence-electron chi connectivity index (χ1n) is 5.98. The van der Waals surface area contributed by atoms with E-state index >= 15 is 0 Å². The van der Waals surface area contributed by atoms with E-state index in [-0.39, 0.29) is 5.91 Å². The number of aromatic nitrogens is 2. The van der Waals surface area contributed by atoms with Gasteiger partial charge in [0, 0.05) is 37.6 Å². The van der Waals surface area contributed by atoms with Crippen LogP contribution in [0.3, 0.4) is 0 Å². The molecule has 0 aliphatic heterocycles. The minimum atomic E-state index is -0.201. The van der Waals surface area contributed by atoms with Gasteiger partial charge in [0.1, 0.15) is 0 Å². The fourth-order valence-electron chi connectivity index (χ4n) is 1.78. The van der Waals surface area contributed by atoms with E-state index < -0.39 is 0 Å². The Morgan fingerprint density at radius 2 is 2.16 bits per heavy atom. The number of nitrogens with zero attached hydrogens (tertiary/aromatic N) is 2. The van der Waals surface area contributed by atoms with Gasteiger partial charge in [0.2, 0.25) is 0 Å². The van der Waals surface area contributed by atoms with Gasteiger partial charge in [0.15, 0.2) is 0 Å². The first kappa shape index (κ1) is 12.9. The molecular weight excluding hydrogens is 242 g/mol. The highest BCUT2D eigenvalue weighted by atomic mass is 16.1. The fourth-order valence-corrected chi connectivity index (χ4v) is 1.78. The van der Waals surface area contributed by atoms with Crippen molar-refractivity contribution >= 4 is 17.3 Å². The number of nitrogen functional groups attached to an aromatic ring is 2. The molecule has 1 heterocycles. The number of carbonyl (C=O) groups is 1. The Kier molecular flexibility index (Phi) is 3.70. The smallest absolute Gasteiger partial charge is 0.253 e. The Morgan fingerprint density at radius 3 is 2.79 bits per heavy atom. The van der Waals surface area contributed by atoms with Gasteiger partial charge in [-0.25, -0.2) is 0 Å². The number of benzene rings is 1. The van der Waals surface area contributed by atoms with Crippen molar-refractivity contribution in [3.63, 3.8) is 0 Å². The molecule has 1 aromatic heterocycles. The fraction of sp³-hybridized carbons (Fsp3) is 0.231. The summed E-state index contributed by atoms with van der Waals surface area (Å²) in [5.74, 6) is -0.201. The standard InChI is InChI=1S/C13H17N5O/c1-18-7-5-10(17-18)4-6-16-13(19)11-3-2-9(14)8-12(11)15/h2-3,5,7-8H,4,6,14-15H2,1H3,(H,16,19). The maximum absolute atomic E-state index is 11.9. The van der Waals surface area contributed by atoms with Crippen molar-refractivity contribution in [1.82, 2.24) is 15.1 Å². The maximum atomic E-state index is 11.9. The normalized spacial score (nSPS) is 10.4. The lowest BCUT2D eigenvalue weighted by Gasteiger charge is -2.07. The lowest BCUT2D eigenvalue weighted by molar-refractivity contribution is 0.0955. The summed E-state index contributed by atoms with van der Waals surface area (Å²) >= 11 is 0. The molecule has 0 aliphatic rings. The van der Waals surface area contributed by atoms with Crippen molar-refractivity contribution in [3.8, 4) is 0 Å². The minimum Gasteiger partial charge on any atom is -0.399 e. The summed E-state index contributed by atoms with van der Waals surface area (Å²) in [6.07, 6.45) is 2.55. The summed E-state index contributed by atoms with van der Waals surface area (Å²) in [6, 6.07) is 6.78. The predicted octanol–water partition coefficient (Wildman–Crippen LogP) is 0.557. The van der Waals surface area contributed by atoms with Crippen molar-refractivity contribution in [2.75, 3.05) is 18.0 Å². The number of nitrogens with one attached hydrogen (secondary N) is 1. The van der Waals surface area contributed by atoms with Gasteiger partial charge < -0.3 is 16.8 Å². The van der Waals surface area contributed by atoms with Crippen LogP contribution in [0.15, 0.2) is 30.5 Å². The molecular formula is C13H17N5O. The number of carbonyl (C=O) groups excluding carboxylic acids is 1. The van der Waals surface area contributed by atoms with Crippen molar-refractivity contribution in [2.24, 2.45) is 7.05 Å². The largest absolute Gasteiger partial charge is 0.399 e. The van der Waals surface area contributed by atoms with Crippen LogP contribution < -0.4 is 16.8 Å². The Bertz CT molecular complexity index is 590. The van der Waals surface area contributed by atoms with Crippen LogP contribution in [0.4, 0.5) is 11.4 Å². The van der Waals surface area contributed by atoms with E-state index in [4.69, 9.17) is 11.5 Å². The van der Waals surface area contributed by atoms with Crippen LogP contribution in [0, 0.1) is 0 Å². The summed E-state index contributed by atoms with van der Waals surface area (Å²) < 4.78 is 1.73. The van der Waals surface area contributed by atoms with E-state index in [1.807, 2.05) is 19.3 Å². The topological polar surface area (TPSA) is 99.0 Å². The van der Waals surface area contributed by atoms with Crippen molar-refractivity contribution in [2.45, 2.75) is 6.42 Å². The molecule has 0 aliphatic carbocycles. The molecule has 1 amide bonds. The van der Waals surface area contributed by atoms with Gasteiger partial charge in [0.25, 0.3) is 5.91 Å². The average molecular weight is 259 g/mol. The molecule has 0 spiro atoms. The summed E-state index contributed by atoms with van der Waals surface area (Å²) in [5.41, 5.74) is 13.6. The molecule has 0 radical (unpaired) electrons. The summed E-state index contributed by atoms with van der Waals surface area (Å²) in [5, 5.41) is 7.04. The molecule has 0 atom stereocenters. The monoisotopic (exact) mass is 259 g/mol. The number of hydrogen-bond acceptors (Lipinski definition) is 4. The van der Waals surface area contributed by atoms with E-state index in [1.54, 1.807) is 22.9 Å². The predicted molar refractivity (Wildman–Crippen MR) is 74.5 cm³/mol. The van der Waals surface area contributed by atoms with Gasteiger partial charge in [-0.2, -0.15) is 5.10 Å². The quantitative estimate of drug-likeness (QED) is 0.698. The van der Waals surface area contributed by atoms with Crippen LogP contribution in [0.2, 0.25) is 0 Å². The van der Waals surface area contributed by atoms with Gasteiger partial charge in [-0.1, -0.05) is 0 Å². The molecule has 5 N–H and O–H groups in total. The third-order valence-electron chi connectivity index (χ3n) is 2.76. The number of anilines is 2. The van der Waals surface area contributed by atoms with Crippen molar-refractivity contribution < 1.29 is 4.79 Å². The number of hydrogen-bond donors (Lipinski definition) is 3. The lowest BCUT2D eigenvalue weighted by Crippen LogP contribution is -2.26. The molecule has 0 unspecified atom stereocenters. The molecule has 0 saturated carbocycles. The number of amides is 1. The molecule has 0 fully saturated rings. The maximum Gasteiger partial charge on any atom is 0.253 e. The molecule has 100 valence electrons. The van der Waals surface area contributed by atoms with Crippen LogP contribution in [0.5, 0.6) is 0 Å². The van der Waals surface area contributed by atoms with Gasteiger partial charge in [0.05, 0.1) is 11.3 Å². The lowest BCUT2D eigenvalue weighted by atomic mass is 10.1. The van der Waals surface area contributed by atoms with E-state index in [1.165, 1.54) is 0 Å². The van der Waals surface area contributed by atoms with Gasteiger partial charge in [-0.05, 0) is 24.3 Å². The number of rotatable bonds is 4. The number of nitrogens with two attached hydrogens (primary N) is 2. The summed E-state index contributed by atoms with van der Waals surface area (Å²) in [7, 11) is 1.86. The molecule has 1 aromatic carbocycles. The molecule has 0 saturated heterocycles. The molecule has 2 rings (SSSR count). The molecule has 19 heavy (non-hydrogen) atoms. The molecule has 6 heteroatoms. The summed E-state index contributed by atoms with van der Waals surface area (Å²) in [6.45, 7) is 0.514. The molecule has 2 aromatic rings. The van der Waals surface area contributed by atoms with Crippen LogP contribution in [-0.4, -0.2) is 22.2 Å². The second kappa shape index (κ2) is 5.43. The Hall–Kier alpha value is -2.50. The Labute approximate surface area is 111 Å². The van der Waals surface area contributed by atoms with E-state index in [0.717, 1.165) is 5.69 Å². The van der Waals surface area contributed by atoms with Crippen molar-refractivity contribution in [3.05, 3.63) is 41.7 Å². The van der Waals surface area contributed by atoms with E-state index in [2.05, 4.69) is 10.4 Å². The van der Waals surface area contributed by atoms with E-state index in [0.29, 0.717) is 29.9 Å². The second-order valence-electron chi connectivity index (χ2n) is 4.33. The third-order valence-corrected chi connectivity index (χ3v) is 2.76. The second-order valence-corrected chi connectivity index (χ2v) is 4.33. The highest BCUT2D eigenvalue weighted by Crippen LogP contribution is 2.15. The zero-order valence-corrected chi connectivity index (χ0v) is 10.8. The van der Waals surface area contributed by atoms with Crippen LogP contribution in [0.25, 0.3) is 0 Å². The van der Waals surface area contributed by atoms with Crippen LogP contribution in [0.1, 0.15) is 16.1 Å². The van der Waals surface area contributed by atoms with E-state index in [9.17, 15) is 4.79 Å². The van der Waals surface area contributed by atoms with Crippen molar-refractivity contribution in [1.29, 1.82) is 0 Å². The molecule has 6 nitrogen and oxygen atoms in total. The first-order chi connectivity index (χ1) is 9.06. The Morgan fingerprint density at radius 1 is 1.37 bits per heavy atom. The Balaban J connectivity index is 1.90. The molecule has 0 bridgehead atoms. The van der Waals surface area contributed by atoms with Crippen LogP contribution in [-0.2, 0) is 13.5 Å². The zero-order valence-electron chi connectivity index (χ0n) is 10.8. The average Bonchev–Trinajstić information content (AvgIpc) is 2.75. The summed E-state index contributed by atoms with van der Waals surface area (Å²) in [4.78, 5) is 11.9. The van der Waals surface area contributed by atoms with Gasteiger partial charge in [-0.15, -0.1) is 0 Å². The zero-order chi connectivity index (χ0) is 13.8. The van der Waals surface area contributed by atoms with Gasteiger partial charge >= 0.3 is 0 Å². The third kappa shape index (κ3) is 3.25. The van der Waals surface area contributed by atoms with Crippen LogP contribution >= 0.6 is 0 Å². The highest BCUT2D eigenvalue weighted by Gasteiger charge is 2.09. The SMILES string of the molecule is Cn1ccc(CCNC(=O)c2ccc(N)cc2N)n1. The number of aryl methyl sites for hydroxylation is 1.